The van der Waals surface area contributed by atoms with E-state index >= 15 is 0 Å². The summed E-state index contributed by atoms with van der Waals surface area (Å²) in [6.45, 7) is 0. The summed E-state index contributed by atoms with van der Waals surface area (Å²) in [7, 11) is 1.41. The predicted octanol–water partition coefficient (Wildman–Crippen LogP) is 4.71. The first-order valence-electron chi connectivity index (χ1n) is 7.89. The Labute approximate surface area is 154 Å². The molecule has 1 N–H and O–H groups in total. The van der Waals surface area contributed by atoms with Crippen molar-refractivity contribution < 1.29 is 18.3 Å². The number of anilines is 1. The number of amides is 1. The zero-order valence-corrected chi connectivity index (χ0v) is 14.7. The molecular formula is C19H16ClFN2O3. The molecule has 1 amide bonds. The van der Waals surface area contributed by atoms with Crippen molar-refractivity contribution >= 4 is 23.2 Å². The molecule has 3 rings (SSSR count). The van der Waals surface area contributed by atoms with Gasteiger partial charge in [-0.15, -0.1) is 0 Å². The largest absolute Gasteiger partial charge is 0.494 e. The van der Waals surface area contributed by atoms with Crippen LogP contribution in [0.25, 0.3) is 11.3 Å². The van der Waals surface area contributed by atoms with Crippen molar-refractivity contribution in [2.24, 2.45) is 0 Å². The van der Waals surface area contributed by atoms with Crippen LogP contribution in [0.1, 0.15) is 12.3 Å². The summed E-state index contributed by atoms with van der Waals surface area (Å²) in [6.07, 6.45) is 2.11. The van der Waals surface area contributed by atoms with Gasteiger partial charge in [-0.05, 0) is 36.4 Å². The first-order chi connectivity index (χ1) is 12.5. The second-order valence-corrected chi connectivity index (χ2v) is 5.95. The Kier molecular flexibility index (Phi) is 5.53. The van der Waals surface area contributed by atoms with Crippen molar-refractivity contribution in [3.05, 3.63) is 65.4 Å². The number of aryl methyl sites for hydroxylation is 1. The lowest BCUT2D eigenvalue weighted by molar-refractivity contribution is -0.116. The van der Waals surface area contributed by atoms with E-state index in [9.17, 15) is 9.18 Å². The Hall–Kier alpha value is -2.86. The van der Waals surface area contributed by atoms with Crippen LogP contribution >= 0.6 is 11.6 Å². The number of oxazole rings is 1. The van der Waals surface area contributed by atoms with Gasteiger partial charge in [0.05, 0.1) is 19.0 Å². The van der Waals surface area contributed by atoms with E-state index in [2.05, 4.69) is 10.3 Å². The van der Waals surface area contributed by atoms with E-state index < -0.39 is 5.82 Å². The third-order valence-corrected chi connectivity index (χ3v) is 3.94. The molecule has 26 heavy (non-hydrogen) atoms. The van der Waals surface area contributed by atoms with Crippen molar-refractivity contribution in [2.45, 2.75) is 12.8 Å². The quantitative estimate of drug-likeness (QED) is 0.678. The van der Waals surface area contributed by atoms with Crippen LogP contribution in [0, 0.1) is 5.82 Å². The van der Waals surface area contributed by atoms with Gasteiger partial charge in [-0.25, -0.2) is 9.37 Å². The normalized spacial score (nSPS) is 10.6. The summed E-state index contributed by atoms with van der Waals surface area (Å²) >= 11 is 5.87. The molecule has 0 spiro atoms. The molecule has 1 heterocycles. The van der Waals surface area contributed by atoms with Crippen molar-refractivity contribution in [1.82, 2.24) is 4.98 Å². The Morgan fingerprint density at radius 2 is 2.04 bits per heavy atom. The fraction of sp³-hybridized carbons (Fsp3) is 0.158. The van der Waals surface area contributed by atoms with Crippen LogP contribution in [-0.2, 0) is 11.2 Å². The van der Waals surface area contributed by atoms with Crippen LogP contribution in [0.15, 0.2) is 53.1 Å². The van der Waals surface area contributed by atoms with Gasteiger partial charge >= 0.3 is 0 Å². The van der Waals surface area contributed by atoms with Crippen LogP contribution < -0.4 is 10.1 Å². The maximum absolute atomic E-state index is 13.2. The number of hydrogen-bond donors (Lipinski definition) is 1. The van der Waals surface area contributed by atoms with Crippen molar-refractivity contribution in [3.8, 4) is 17.1 Å². The van der Waals surface area contributed by atoms with Crippen molar-refractivity contribution in [1.29, 1.82) is 0 Å². The van der Waals surface area contributed by atoms with E-state index in [0.29, 0.717) is 28.8 Å². The number of aromatic nitrogens is 1. The van der Waals surface area contributed by atoms with Crippen molar-refractivity contribution in [3.63, 3.8) is 0 Å². The minimum atomic E-state index is -0.436. The smallest absolute Gasteiger partial charge is 0.224 e. The van der Waals surface area contributed by atoms with E-state index in [4.69, 9.17) is 20.8 Å². The first kappa shape index (κ1) is 17.9. The topological polar surface area (TPSA) is 64.4 Å². The second kappa shape index (κ2) is 8.01. The van der Waals surface area contributed by atoms with Gasteiger partial charge in [-0.1, -0.05) is 11.6 Å². The van der Waals surface area contributed by atoms with Gasteiger partial charge in [0.15, 0.2) is 11.7 Å². The van der Waals surface area contributed by atoms with Gasteiger partial charge in [0.25, 0.3) is 0 Å². The van der Waals surface area contributed by atoms with Gasteiger partial charge in [0, 0.05) is 29.5 Å². The minimum absolute atomic E-state index is 0.168. The molecule has 0 aliphatic carbocycles. The Morgan fingerprint density at radius 3 is 2.77 bits per heavy atom. The zero-order valence-electron chi connectivity index (χ0n) is 14.0. The number of ether oxygens (including phenoxy) is 1. The molecule has 0 unspecified atom stereocenters. The van der Waals surface area contributed by atoms with Crippen LogP contribution in [-0.4, -0.2) is 18.0 Å². The number of carbonyl (C=O) groups excluding carboxylic acids is 1. The molecule has 134 valence electrons. The lowest BCUT2D eigenvalue weighted by atomic mass is 10.2. The average molecular weight is 375 g/mol. The highest BCUT2D eigenvalue weighted by Crippen LogP contribution is 2.25. The SMILES string of the molecule is COc1cc(F)ccc1NC(=O)CCc1ncc(-c2ccc(Cl)cc2)o1. The number of nitrogens with one attached hydrogen (secondary N) is 1. The number of rotatable bonds is 6. The van der Waals surface area contributed by atoms with E-state index in [1.807, 2.05) is 12.1 Å². The van der Waals surface area contributed by atoms with E-state index in [-0.39, 0.29) is 18.1 Å². The minimum Gasteiger partial charge on any atom is -0.494 e. The maximum atomic E-state index is 13.2. The standard InChI is InChI=1S/C19H16ClFN2O3/c1-25-16-10-14(21)6-7-15(16)23-18(24)8-9-19-22-11-17(26-19)12-2-4-13(20)5-3-12/h2-7,10-11H,8-9H2,1H3,(H,23,24). The molecular weight excluding hydrogens is 359 g/mol. The summed E-state index contributed by atoms with van der Waals surface area (Å²) in [4.78, 5) is 16.3. The zero-order chi connectivity index (χ0) is 18.5. The number of methoxy groups -OCH3 is 1. The second-order valence-electron chi connectivity index (χ2n) is 5.52. The molecule has 7 heteroatoms. The first-order valence-corrected chi connectivity index (χ1v) is 8.27. The molecule has 0 saturated carbocycles. The number of nitrogens with zero attached hydrogens (tertiary/aromatic N) is 1. The Bertz CT molecular complexity index is 909. The highest BCUT2D eigenvalue weighted by Gasteiger charge is 2.11. The van der Waals surface area contributed by atoms with Crippen LogP contribution in [0.2, 0.25) is 5.02 Å². The van der Waals surface area contributed by atoms with Gasteiger partial charge < -0.3 is 14.5 Å². The van der Waals surface area contributed by atoms with E-state index in [1.165, 1.54) is 25.3 Å². The summed E-state index contributed by atoms with van der Waals surface area (Å²) in [5.41, 5.74) is 1.27. The molecule has 2 aromatic carbocycles. The molecule has 5 nitrogen and oxygen atoms in total. The molecule has 0 fully saturated rings. The van der Waals surface area contributed by atoms with Crippen LogP contribution in [0.4, 0.5) is 10.1 Å². The molecule has 0 radical (unpaired) electrons. The summed E-state index contributed by atoms with van der Waals surface area (Å²) in [6, 6.07) is 11.1. The van der Waals surface area contributed by atoms with Crippen LogP contribution in [0.5, 0.6) is 5.75 Å². The average Bonchev–Trinajstić information content (AvgIpc) is 3.11. The summed E-state index contributed by atoms with van der Waals surface area (Å²) in [5, 5.41) is 3.33. The van der Waals surface area contributed by atoms with Gasteiger partial charge in [-0.3, -0.25) is 4.79 Å². The molecule has 0 saturated heterocycles. The van der Waals surface area contributed by atoms with Gasteiger partial charge in [-0.2, -0.15) is 0 Å². The molecule has 0 bridgehead atoms. The predicted molar refractivity (Wildman–Crippen MR) is 96.9 cm³/mol. The van der Waals surface area contributed by atoms with E-state index in [1.54, 1.807) is 18.3 Å². The monoisotopic (exact) mass is 374 g/mol. The molecule has 1 aromatic heterocycles. The Balaban J connectivity index is 1.59. The molecule has 0 aliphatic heterocycles. The summed E-state index contributed by atoms with van der Waals surface area (Å²) in [5.74, 6) is 0.642. The molecule has 3 aromatic rings. The highest BCUT2D eigenvalue weighted by molar-refractivity contribution is 6.30. The van der Waals surface area contributed by atoms with E-state index in [0.717, 1.165) is 5.56 Å². The summed E-state index contributed by atoms with van der Waals surface area (Å²) < 4.78 is 23.9. The molecule has 0 aliphatic rings. The van der Waals surface area contributed by atoms with Crippen molar-refractivity contribution in [2.75, 3.05) is 12.4 Å². The Morgan fingerprint density at radius 1 is 1.27 bits per heavy atom. The number of hydrogen-bond acceptors (Lipinski definition) is 4. The number of carbonyl (C=O) groups is 1. The highest BCUT2D eigenvalue weighted by atomic mass is 35.5. The number of halogens is 2. The fourth-order valence-corrected chi connectivity index (χ4v) is 2.50. The maximum Gasteiger partial charge on any atom is 0.224 e. The lowest BCUT2D eigenvalue weighted by Crippen LogP contribution is -2.13. The molecule has 0 atom stereocenters. The van der Waals surface area contributed by atoms with Gasteiger partial charge in [0.2, 0.25) is 5.91 Å². The van der Waals surface area contributed by atoms with Crippen LogP contribution in [0.3, 0.4) is 0 Å². The fourth-order valence-electron chi connectivity index (χ4n) is 2.37. The lowest BCUT2D eigenvalue weighted by Gasteiger charge is -2.09. The third-order valence-electron chi connectivity index (χ3n) is 3.69. The number of benzene rings is 2. The third kappa shape index (κ3) is 4.40. The van der Waals surface area contributed by atoms with Gasteiger partial charge in [0.1, 0.15) is 11.6 Å².